The van der Waals surface area contributed by atoms with Gasteiger partial charge in [0, 0.05) is 19.5 Å². The number of hydrogen-bond acceptors (Lipinski definition) is 11. The Bertz CT molecular complexity index is 1590. The molecule has 1 atom stereocenters. The van der Waals surface area contributed by atoms with Gasteiger partial charge in [0.25, 0.3) is 5.91 Å². The molecule has 0 aliphatic carbocycles. The lowest BCUT2D eigenvalue weighted by atomic mass is 10.00. The first-order valence-electron chi connectivity index (χ1n) is 13.0. The molecular formula is C25H30FN7O4S3. The van der Waals surface area contributed by atoms with E-state index in [-0.39, 0.29) is 12.5 Å². The average Bonchev–Trinajstić information content (AvgIpc) is 3.68. The van der Waals surface area contributed by atoms with Crippen molar-refractivity contribution in [3.63, 3.8) is 0 Å². The predicted octanol–water partition coefficient (Wildman–Crippen LogP) is 4.72. The van der Waals surface area contributed by atoms with Gasteiger partial charge >= 0.3 is 0 Å². The normalized spacial score (nSPS) is 19.3. The zero-order valence-corrected chi connectivity index (χ0v) is 24.8. The third-order valence-corrected chi connectivity index (χ3v) is 11.0. The van der Waals surface area contributed by atoms with Crippen molar-refractivity contribution in [1.29, 1.82) is 0 Å². The fraction of sp³-hybridized carbons (Fsp3) is 0.480. The molecule has 0 spiro atoms. The van der Waals surface area contributed by atoms with Gasteiger partial charge in [-0.15, -0.1) is 22.1 Å². The van der Waals surface area contributed by atoms with Crippen LogP contribution in [-0.2, 0) is 24.3 Å². The summed E-state index contributed by atoms with van der Waals surface area (Å²) in [6, 6.07) is 2.96. The second-order valence-electron chi connectivity index (χ2n) is 9.74. The second kappa shape index (κ2) is 10.5. The third-order valence-electron chi connectivity index (χ3n) is 7.13. The van der Waals surface area contributed by atoms with Gasteiger partial charge < -0.3 is 9.64 Å². The van der Waals surface area contributed by atoms with Crippen molar-refractivity contribution in [3.05, 3.63) is 49.8 Å². The Morgan fingerprint density at radius 1 is 1.20 bits per heavy atom. The summed E-state index contributed by atoms with van der Waals surface area (Å²) in [5.41, 5.74) is 3.08. The highest BCUT2D eigenvalue weighted by Crippen LogP contribution is 2.50. The van der Waals surface area contributed by atoms with Crippen molar-refractivity contribution >= 4 is 50.1 Å². The van der Waals surface area contributed by atoms with E-state index >= 15 is 0 Å². The zero-order valence-electron chi connectivity index (χ0n) is 22.3. The third kappa shape index (κ3) is 4.72. The van der Waals surface area contributed by atoms with Crippen LogP contribution in [0.2, 0.25) is 0 Å². The average molecular weight is 608 g/mol. The highest BCUT2D eigenvalue weighted by atomic mass is 32.3. The van der Waals surface area contributed by atoms with Crippen molar-refractivity contribution < 1.29 is 23.0 Å². The number of anilines is 1. The number of hydrogen-bond donors (Lipinski definition) is 2. The highest BCUT2D eigenvalue weighted by molar-refractivity contribution is 8.25. The quantitative estimate of drug-likeness (QED) is 0.307. The molecule has 2 aliphatic rings. The van der Waals surface area contributed by atoms with E-state index in [2.05, 4.69) is 15.1 Å². The summed E-state index contributed by atoms with van der Waals surface area (Å²) in [5.74, 6) is 1.10. The monoisotopic (exact) mass is 607 g/mol. The Hall–Kier alpha value is -2.85. The number of amides is 1. The van der Waals surface area contributed by atoms with Crippen LogP contribution in [0.1, 0.15) is 57.1 Å². The van der Waals surface area contributed by atoms with Crippen LogP contribution in [0.5, 0.6) is 5.75 Å². The van der Waals surface area contributed by atoms with Crippen LogP contribution < -0.4 is 9.04 Å². The fourth-order valence-corrected chi connectivity index (χ4v) is 8.71. The number of halogens is 1. The molecule has 6 rings (SSSR count). The van der Waals surface area contributed by atoms with Crippen molar-refractivity contribution in [2.45, 2.75) is 52.8 Å². The Morgan fingerprint density at radius 3 is 2.70 bits per heavy atom. The number of ether oxygens (including phenoxy) is 1. The van der Waals surface area contributed by atoms with Crippen LogP contribution in [0.25, 0.3) is 4.96 Å². The lowest BCUT2D eigenvalue weighted by Crippen LogP contribution is -2.43. The molecule has 0 bridgehead atoms. The first kappa shape index (κ1) is 27.3. The first-order valence-corrected chi connectivity index (χ1v) is 16.3. The summed E-state index contributed by atoms with van der Waals surface area (Å²) in [6.45, 7) is 5.89. The molecule has 4 aromatic rings. The number of alkyl halides is 1. The van der Waals surface area contributed by atoms with Crippen LogP contribution in [-0.4, -0.2) is 69.9 Å². The summed E-state index contributed by atoms with van der Waals surface area (Å²) in [6.07, 6.45) is 1.79. The van der Waals surface area contributed by atoms with Gasteiger partial charge in [-0.25, -0.2) is 23.9 Å². The van der Waals surface area contributed by atoms with E-state index in [4.69, 9.17) is 9.72 Å². The Morgan fingerprint density at radius 2 is 2.02 bits per heavy atom. The molecule has 15 heteroatoms. The molecule has 1 fully saturated rings. The first-order chi connectivity index (χ1) is 19.2. The van der Waals surface area contributed by atoms with Gasteiger partial charge in [-0.2, -0.15) is 5.10 Å². The maximum absolute atomic E-state index is 13.7. The molecule has 1 amide bonds. The number of fused-ring (bicyclic) bond motifs is 3. The molecule has 0 aromatic carbocycles. The molecule has 2 N–H and O–H groups in total. The largest absolute Gasteiger partial charge is 0.482 e. The van der Waals surface area contributed by atoms with E-state index in [1.807, 2.05) is 20.8 Å². The lowest BCUT2D eigenvalue weighted by molar-refractivity contribution is -0.135. The number of carbonyl (C=O) groups excluding carboxylic acids is 1. The molecule has 6 heterocycles. The maximum Gasteiger partial charge on any atom is 0.261 e. The van der Waals surface area contributed by atoms with Crippen LogP contribution in [0, 0.1) is 13.8 Å². The summed E-state index contributed by atoms with van der Waals surface area (Å²) in [4.78, 5) is 31.0. The molecule has 40 heavy (non-hydrogen) atoms. The lowest BCUT2D eigenvalue weighted by Gasteiger charge is -2.37. The molecule has 0 radical (unpaired) electrons. The minimum Gasteiger partial charge on any atom is -0.482 e. The zero-order chi connectivity index (χ0) is 28.2. The number of rotatable bonds is 7. The predicted molar refractivity (Wildman–Crippen MR) is 153 cm³/mol. The van der Waals surface area contributed by atoms with Gasteiger partial charge in [0.15, 0.2) is 6.61 Å². The molecule has 0 saturated carbocycles. The number of aryl methyl sites for hydroxylation is 3. The van der Waals surface area contributed by atoms with E-state index in [1.165, 1.54) is 22.7 Å². The minimum absolute atomic E-state index is 0.204. The standard InChI is InChI=1S/C25H30FN7O4S3/c1-4-16-18(6-7-19(28-16)32-9-5-11-40(32,35)36)37-13-21(34)31-10-8-17-22(23(31)24-14(2)27-15(3)38-24)33-25(29-17)39-20(12-26)30-33/h6-7,23,35-36H,4-5,8-13H2,1-3H3. The van der Waals surface area contributed by atoms with E-state index < -0.39 is 23.5 Å². The van der Waals surface area contributed by atoms with Gasteiger partial charge in [0.2, 0.25) is 4.96 Å². The van der Waals surface area contributed by atoms with Crippen molar-refractivity contribution in [2.24, 2.45) is 0 Å². The molecule has 2 aliphatic heterocycles. The maximum atomic E-state index is 13.7. The van der Waals surface area contributed by atoms with Gasteiger partial charge in [-0.3, -0.25) is 18.2 Å². The van der Waals surface area contributed by atoms with Crippen LogP contribution in [0.15, 0.2) is 12.1 Å². The van der Waals surface area contributed by atoms with Crippen LogP contribution in [0.4, 0.5) is 10.2 Å². The van der Waals surface area contributed by atoms with Gasteiger partial charge in [-0.05, 0) is 38.8 Å². The smallest absolute Gasteiger partial charge is 0.261 e. The molecular weight excluding hydrogens is 578 g/mol. The Labute approximate surface area is 240 Å². The van der Waals surface area contributed by atoms with E-state index in [0.717, 1.165) is 27.0 Å². The van der Waals surface area contributed by atoms with Gasteiger partial charge in [0.1, 0.15) is 29.3 Å². The summed E-state index contributed by atoms with van der Waals surface area (Å²) < 4.78 is 43.4. The fourth-order valence-electron chi connectivity index (χ4n) is 5.34. The van der Waals surface area contributed by atoms with Crippen molar-refractivity contribution in [2.75, 3.05) is 29.8 Å². The van der Waals surface area contributed by atoms with Gasteiger partial charge in [-0.1, -0.05) is 18.3 Å². The van der Waals surface area contributed by atoms with E-state index in [9.17, 15) is 18.3 Å². The summed E-state index contributed by atoms with van der Waals surface area (Å²) >= 11 is 2.74. The Balaban J connectivity index is 1.29. The number of thiazole rings is 1. The molecule has 1 saturated heterocycles. The number of nitrogens with zero attached hydrogens (tertiary/aromatic N) is 7. The second-order valence-corrected chi connectivity index (χ2v) is 14.1. The SMILES string of the molecule is CCc1nc(N2CCCS2(O)O)ccc1OCC(=O)N1CCc2nc3sc(CF)nn3c2C1c1sc(C)nc1C. The van der Waals surface area contributed by atoms with Crippen molar-refractivity contribution in [3.8, 4) is 5.75 Å². The van der Waals surface area contributed by atoms with Crippen LogP contribution >= 0.6 is 33.4 Å². The summed E-state index contributed by atoms with van der Waals surface area (Å²) in [7, 11) is -2.86. The molecule has 1 unspecified atom stereocenters. The van der Waals surface area contributed by atoms with Crippen LogP contribution in [0.3, 0.4) is 0 Å². The summed E-state index contributed by atoms with van der Waals surface area (Å²) in [5, 5.41) is 5.67. The Kier molecular flexibility index (Phi) is 7.19. The minimum atomic E-state index is -2.86. The molecule has 214 valence electrons. The van der Waals surface area contributed by atoms with E-state index in [1.54, 1.807) is 25.9 Å². The number of aromatic nitrogens is 5. The molecule has 11 nitrogen and oxygen atoms in total. The topological polar surface area (TPSA) is 129 Å². The number of imidazole rings is 1. The highest BCUT2D eigenvalue weighted by Gasteiger charge is 2.39. The molecule has 4 aromatic heterocycles. The van der Waals surface area contributed by atoms with E-state index in [0.29, 0.717) is 65.3 Å². The number of pyridine rings is 1. The number of carbonyl (C=O) groups is 1. The van der Waals surface area contributed by atoms with Crippen molar-refractivity contribution in [1.82, 2.24) is 29.5 Å². The van der Waals surface area contributed by atoms with Gasteiger partial charge in [0.05, 0.1) is 38.4 Å².